The molecule has 0 bridgehead atoms. The van der Waals surface area contributed by atoms with Crippen LogP contribution >= 0.6 is 11.3 Å². The number of carbonyl (C=O) groups is 1. The predicted octanol–water partition coefficient (Wildman–Crippen LogP) is 5.00. The first kappa shape index (κ1) is 16.3. The van der Waals surface area contributed by atoms with Gasteiger partial charge in [0.15, 0.2) is 17.8 Å². The van der Waals surface area contributed by atoms with Gasteiger partial charge < -0.3 is 9.73 Å². The summed E-state index contributed by atoms with van der Waals surface area (Å²) in [7, 11) is 0. The second-order valence-corrected chi connectivity index (χ2v) is 6.70. The first-order valence-corrected chi connectivity index (χ1v) is 9.09. The zero-order valence-corrected chi connectivity index (χ0v) is 14.7. The zero-order chi connectivity index (χ0) is 17.8. The maximum Gasteiger partial charge on any atom is 0.274 e. The van der Waals surface area contributed by atoms with E-state index in [-0.39, 0.29) is 5.91 Å². The van der Waals surface area contributed by atoms with Crippen LogP contribution in [0.15, 0.2) is 82.9 Å². The largest absolute Gasteiger partial charge is 0.443 e. The van der Waals surface area contributed by atoms with E-state index in [0.29, 0.717) is 18.0 Å². The van der Waals surface area contributed by atoms with Crippen molar-refractivity contribution in [3.8, 4) is 21.8 Å². The molecule has 4 rings (SSSR count). The first-order valence-electron chi connectivity index (χ1n) is 8.21. The predicted molar refractivity (Wildman–Crippen MR) is 103 cm³/mol. The molecule has 1 amide bonds. The van der Waals surface area contributed by atoms with Crippen molar-refractivity contribution in [2.45, 2.75) is 6.54 Å². The van der Waals surface area contributed by atoms with Crippen LogP contribution in [0.4, 0.5) is 0 Å². The van der Waals surface area contributed by atoms with E-state index in [1.807, 2.05) is 48.5 Å². The molecule has 2 aromatic carbocycles. The van der Waals surface area contributed by atoms with Crippen LogP contribution < -0.4 is 5.32 Å². The summed E-state index contributed by atoms with van der Waals surface area (Å²) in [5.74, 6) is 0.232. The lowest BCUT2D eigenvalue weighted by Crippen LogP contribution is -2.23. The number of oxazole rings is 1. The molecule has 4 aromatic rings. The Bertz CT molecular complexity index is 990. The van der Waals surface area contributed by atoms with Crippen molar-refractivity contribution in [2.75, 3.05) is 0 Å². The summed E-state index contributed by atoms with van der Waals surface area (Å²) >= 11 is 1.71. The lowest BCUT2D eigenvalue weighted by molar-refractivity contribution is 0.0947. The molecule has 0 unspecified atom stereocenters. The topological polar surface area (TPSA) is 55.1 Å². The standard InChI is InChI=1S/C21H16N2O2S/c24-21(19-20(25-14-23-19)17-5-2-1-3-6-17)22-13-15-8-10-16(11-9-15)18-7-4-12-26-18/h1-12,14H,13H2,(H,22,24). The SMILES string of the molecule is O=C(NCc1ccc(-c2cccs2)cc1)c1ncoc1-c1ccccc1. The first-order chi connectivity index (χ1) is 12.8. The number of benzene rings is 2. The van der Waals surface area contributed by atoms with Crippen molar-refractivity contribution in [1.29, 1.82) is 0 Å². The number of amides is 1. The Morgan fingerprint density at radius 3 is 2.50 bits per heavy atom. The van der Waals surface area contributed by atoms with Gasteiger partial charge in [-0.2, -0.15) is 0 Å². The van der Waals surface area contributed by atoms with E-state index < -0.39 is 0 Å². The minimum absolute atomic E-state index is 0.250. The third-order valence-electron chi connectivity index (χ3n) is 4.03. The van der Waals surface area contributed by atoms with Crippen molar-refractivity contribution >= 4 is 17.2 Å². The van der Waals surface area contributed by atoms with Crippen molar-refractivity contribution in [3.05, 3.63) is 89.8 Å². The highest BCUT2D eigenvalue weighted by atomic mass is 32.1. The average Bonchev–Trinajstić information content (AvgIpc) is 3.39. The highest BCUT2D eigenvalue weighted by molar-refractivity contribution is 7.13. The highest BCUT2D eigenvalue weighted by Gasteiger charge is 2.17. The molecule has 2 heterocycles. The molecular weight excluding hydrogens is 344 g/mol. The van der Waals surface area contributed by atoms with Gasteiger partial charge >= 0.3 is 0 Å². The molecule has 128 valence electrons. The second-order valence-electron chi connectivity index (χ2n) is 5.75. The summed E-state index contributed by atoms with van der Waals surface area (Å²) in [5.41, 5.74) is 3.34. The molecule has 5 heteroatoms. The average molecular weight is 360 g/mol. The van der Waals surface area contributed by atoms with E-state index >= 15 is 0 Å². The third-order valence-corrected chi connectivity index (χ3v) is 4.95. The Morgan fingerprint density at radius 2 is 1.77 bits per heavy atom. The van der Waals surface area contributed by atoms with Gasteiger partial charge in [-0.15, -0.1) is 11.3 Å². The minimum atomic E-state index is -0.250. The van der Waals surface area contributed by atoms with E-state index in [0.717, 1.165) is 11.1 Å². The van der Waals surface area contributed by atoms with E-state index in [4.69, 9.17) is 4.42 Å². The maximum absolute atomic E-state index is 12.5. The molecule has 1 N–H and O–H groups in total. The Labute approximate surface area is 155 Å². The summed E-state index contributed by atoms with van der Waals surface area (Å²) in [6.07, 6.45) is 1.30. The number of nitrogens with one attached hydrogen (secondary N) is 1. The van der Waals surface area contributed by atoms with E-state index in [1.54, 1.807) is 11.3 Å². The number of hydrogen-bond donors (Lipinski definition) is 1. The van der Waals surface area contributed by atoms with Gasteiger partial charge in [0.05, 0.1) is 0 Å². The van der Waals surface area contributed by atoms with Gasteiger partial charge in [0.25, 0.3) is 5.91 Å². The van der Waals surface area contributed by atoms with E-state index in [1.165, 1.54) is 16.8 Å². The van der Waals surface area contributed by atoms with Crippen molar-refractivity contribution in [2.24, 2.45) is 0 Å². The molecule has 0 atom stereocenters. The van der Waals surface area contributed by atoms with Crippen LogP contribution in [-0.4, -0.2) is 10.9 Å². The number of nitrogens with zero attached hydrogens (tertiary/aromatic N) is 1. The van der Waals surface area contributed by atoms with Crippen LogP contribution in [0.1, 0.15) is 16.1 Å². The van der Waals surface area contributed by atoms with Gasteiger partial charge in [-0.25, -0.2) is 4.98 Å². The molecular formula is C21H16N2O2S. The van der Waals surface area contributed by atoms with Crippen LogP contribution in [-0.2, 0) is 6.54 Å². The molecule has 0 saturated carbocycles. The van der Waals surface area contributed by atoms with Crippen LogP contribution in [0.25, 0.3) is 21.8 Å². The Balaban J connectivity index is 1.44. The van der Waals surface area contributed by atoms with Crippen molar-refractivity contribution in [3.63, 3.8) is 0 Å². The monoisotopic (exact) mass is 360 g/mol. The summed E-state index contributed by atoms with van der Waals surface area (Å²) in [4.78, 5) is 17.8. The van der Waals surface area contributed by atoms with Gasteiger partial charge in [-0.3, -0.25) is 4.79 Å². The van der Waals surface area contributed by atoms with Crippen molar-refractivity contribution in [1.82, 2.24) is 10.3 Å². The molecule has 0 aliphatic rings. The zero-order valence-electron chi connectivity index (χ0n) is 13.9. The third kappa shape index (κ3) is 3.43. The minimum Gasteiger partial charge on any atom is -0.443 e. The molecule has 0 spiro atoms. The fourth-order valence-electron chi connectivity index (χ4n) is 2.70. The van der Waals surface area contributed by atoms with Crippen LogP contribution in [0.3, 0.4) is 0 Å². The molecule has 26 heavy (non-hydrogen) atoms. The Hall–Kier alpha value is -3.18. The number of rotatable bonds is 5. The van der Waals surface area contributed by atoms with Gasteiger partial charge in [0.1, 0.15) is 0 Å². The molecule has 4 nitrogen and oxygen atoms in total. The van der Waals surface area contributed by atoms with E-state index in [9.17, 15) is 4.79 Å². The van der Waals surface area contributed by atoms with Gasteiger partial charge in [-0.1, -0.05) is 60.7 Å². The Morgan fingerprint density at radius 1 is 0.962 bits per heavy atom. The summed E-state index contributed by atoms with van der Waals surface area (Å²) in [6, 6.07) is 21.8. The highest BCUT2D eigenvalue weighted by Crippen LogP contribution is 2.25. The lowest BCUT2D eigenvalue weighted by Gasteiger charge is -2.06. The number of aromatic nitrogens is 1. The fraction of sp³-hybridized carbons (Fsp3) is 0.0476. The summed E-state index contributed by atoms with van der Waals surface area (Å²) in [6.45, 7) is 0.435. The fourth-order valence-corrected chi connectivity index (χ4v) is 3.43. The van der Waals surface area contributed by atoms with Crippen LogP contribution in [0.2, 0.25) is 0 Å². The quantitative estimate of drug-likeness (QED) is 0.545. The second kappa shape index (κ2) is 7.37. The van der Waals surface area contributed by atoms with Crippen LogP contribution in [0, 0.1) is 0 Å². The Kier molecular flexibility index (Phi) is 4.62. The number of hydrogen-bond acceptors (Lipinski definition) is 4. The number of thiophene rings is 1. The summed E-state index contributed by atoms with van der Waals surface area (Å²) < 4.78 is 5.41. The molecule has 0 aliphatic carbocycles. The van der Waals surface area contributed by atoms with Crippen LogP contribution in [0.5, 0.6) is 0 Å². The molecule has 0 aliphatic heterocycles. The smallest absolute Gasteiger partial charge is 0.274 e. The molecule has 0 fully saturated rings. The van der Waals surface area contributed by atoms with Gasteiger partial charge in [0.2, 0.25) is 0 Å². The van der Waals surface area contributed by atoms with Crippen molar-refractivity contribution < 1.29 is 9.21 Å². The van der Waals surface area contributed by atoms with Gasteiger partial charge in [-0.05, 0) is 22.6 Å². The normalized spacial score (nSPS) is 10.6. The lowest BCUT2D eigenvalue weighted by atomic mass is 10.1. The maximum atomic E-state index is 12.5. The molecule has 0 radical (unpaired) electrons. The van der Waals surface area contributed by atoms with E-state index in [2.05, 4.69) is 33.9 Å². The molecule has 0 saturated heterocycles. The number of carbonyl (C=O) groups excluding carboxylic acids is 1. The molecule has 2 aromatic heterocycles. The summed E-state index contributed by atoms with van der Waals surface area (Å²) in [5, 5.41) is 4.97. The van der Waals surface area contributed by atoms with Gasteiger partial charge in [0, 0.05) is 17.0 Å².